The molecule has 0 bridgehead atoms. The van der Waals surface area contributed by atoms with E-state index in [0.717, 1.165) is 12.8 Å². The summed E-state index contributed by atoms with van der Waals surface area (Å²) in [6.45, 7) is 4.73. The van der Waals surface area contributed by atoms with E-state index in [0.29, 0.717) is 11.8 Å². The monoisotopic (exact) mass is 229 g/mol. The molecule has 4 heteroatoms. The van der Waals surface area contributed by atoms with Crippen molar-refractivity contribution in [1.29, 1.82) is 0 Å². The van der Waals surface area contributed by atoms with Gasteiger partial charge in [0, 0.05) is 0 Å². The largest absolute Gasteiger partial charge is 0.480 e. The number of ether oxygens (including phenoxy) is 1. The molecule has 3 atom stereocenters. The first-order chi connectivity index (χ1) is 7.52. The maximum atomic E-state index is 10.8. The van der Waals surface area contributed by atoms with Crippen LogP contribution < -0.4 is 5.32 Å². The van der Waals surface area contributed by atoms with Crippen molar-refractivity contribution in [2.45, 2.75) is 45.3 Å². The Kier molecular flexibility index (Phi) is 5.22. The molecule has 16 heavy (non-hydrogen) atoms. The Hall–Kier alpha value is -0.610. The van der Waals surface area contributed by atoms with Crippen molar-refractivity contribution in [2.75, 3.05) is 13.7 Å². The molecule has 1 fully saturated rings. The van der Waals surface area contributed by atoms with Gasteiger partial charge in [-0.1, -0.05) is 13.8 Å². The summed E-state index contributed by atoms with van der Waals surface area (Å²) in [5.41, 5.74) is 0. The van der Waals surface area contributed by atoms with Crippen molar-refractivity contribution in [3.63, 3.8) is 0 Å². The van der Waals surface area contributed by atoms with Gasteiger partial charge in [0.15, 0.2) is 0 Å². The summed E-state index contributed by atoms with van der Waals surface area (Å²) in [6.07, 6.45) is 3.60. The molecule has 1 rings (SSSR count). The van der Waals surface area contributed by atoms with Crippen LogP contribution in [0, 0.1) is 11.8 Å². The molecule has 4 nitrogen and oxygen atoms in total. The lowest BCUT2D eigenvalue weighted by Gasteiger charge is -2.31. The number of carboxylic acid groups (broad SMARTS) is 1. The normalized spacial score (nSPS) is 32.3. The van der Waals surface area contributed by atoms with Crippen molar-refractivity contribution in [1.82, 2.24) is 5.32 Å². The molecule has 0 radical (unpaired) electrons. The van der Waals surface area contributed by atoms with Crippen LogP contribution in [0.15, 0.2) is 0 Å². The summed E-state index contributed by atoms with van der Waals surface area (Å²) in [4.78, 5) is 10.8. The maximum absolute atomic E-state index is 10.8. The van der Waals surface area contributed by atoms with E-state index in [-0.39, 0.29) is 12.7 Å². The Morgan fingerprint density at radius 1 is 1.38 bits per heavy atom. The van der Waals surface area contributed by atoms with Gasteiger partial charge in [-0.3, -0.25) is 4.79 Å². The number of hydrogen-bond donors (Lipinski definition) is 2. The Balaban J connectivity index is 2.33. The molecule has 0 aromatic rings. The summed E-state index contributed by atoms with van der Waals surface area (Å²) in [7, 11) is 1.65. The fourth-order valence-corrected chi connectivity index (χ4v) is 2.52. The zero-order valence-electron chi connectivity index (χ0n) is 10.4. The second kappa shape index (κ2) is 6.21. The third kappa shape index (κ3) is 4.10. The van der Waals surface area contributed by atoms with E-state index in [1.807, 2.05) is 0 Å². The predicted molar refractivity (Wildman–Crippen MR) is 62.4 cm³/mol. The topological polar surface area (TPSA) is 58.6 Å². The highest BCUT2D eigenvalue weighted by Gasteiger charge is 2.26. The lowest BCUT2D eigenvalue weighted by atomic mass is 9.82. The van der Waals surface area contributed by atoms with Gasteiger partial charge in [-0.15, -0.1) is 0 Å². The second-order valence-electron chi connectivity index (χ2n) is 5.05. The molecule has 1 aliphatic carbocycles. The highest BCUT2D eigenvalue weighted by Crippen LogP contribution is 2.30. The quantitative estimate of drug-likeness (QED) is 0.750. The first kappa shape index (κ1) is 13.5. The minimum absolute atomic E-state index is 0.231. The molecule has 2 N–H and O–H groups in total. The number of aliphatic carboxylic acids is 1. The zero-order chi connectivity index (χ0) is 12.1. The fourth-order valence-electron chi connectivity index (χ4n) is 2.52. The highest BCUT2D eigenvalue weighted by atomic mass is 16.5. The number of carbonyl (C=O) groups is 1. The lowest BCUT2D eigenvalue weighted by Crippen LogP contribution is -2.40. The summed E-state index contributed by atoms with van der Waals surface area (Å²) in [5, 5.41) is 11.6. The van der Waals surface area contributed by atoms with Crippen LogP contribution in [-0.2, 0) is 9.53 Å². The molecular weight excluding hydrogens is 206 g/mol. The van der Waals surface area contributed by atoms with E-state index in [1.165, 1.54) is 6.42 Å². The van der Waals surface area contributed by atoms with E-state index in [9.17, 15) is 4.79 Å². The molecule has 1 aliphatic rings. The van der Waals surface area contributed by atoms with Crippen LogP contribution in [0.25, 0.3) is 0 Å². The third-order valence-electron chi connectivity index (χ3n) is 3.28. The van der Waals surface area contributed by atoms with Gasteiger partial charge in [-0.05, 0) is 38.1 Å². The van der Waals surface area contributed by atoms with Crippen LogP contribution in [0.5, 0.6) is 0 Å². The van der Waals surface area contributed by atoms with Gasteiger partial charge < -0.3 is 15.2 Å². The molecule has 94 valence electrons. The first-order valence-corrected chi connectivity index (χ1v) is 6.04. The lowest BCUT2D eigenvalue weighted by molar-refractivity contribution is -0.142. The molecule has 0 aliphatic heterocycles. The standard InChI is InChI=1S/C12H23NO3/c1-8-4-9(2)6-10(5-8)16-7-11(13-3)12(14)15/h8-11,13H,4-7H2,1-3H3,(H,14,15). The van der Waals surface area contributed by atoms with Crippen molar-refractivity contribution in [3.8, 4) is 0 Å². The second-order valence-corrected chi connectivity index (χ2v) is 5.05. The molecule has 0 heterocycles. The molecule has 3 unspecified atom stereocenters. The minimum Gasteiger partial charge on any atom is -0.480 e. The zero-order valence-corrected chi connectivity index (χ0v) is 10.4. The number of likely N-dealkylation sites (N-methyl/N-ethyl adjacent to an activating group) is 1. The molecule has 0 spiro atoms. The van der Waals surface area contributed by atoms with E-state index in [4.69, 9.17) is 9.84 Å². The average molecular weight is 229 g/mol. The Morgan fingerprint density at radius 3 is 2.38 bits per heavy atom. The van der Waals surface area contributed by atoms with Crippen molar-refractivity contribution in [2.24, 2.45) is 11.8 Å². The smallest absolute Gasteiger partial charge is 0.323 e. The van der Waals surface area contributed by atoms with Gasteiger partial charge in [0.2, 0.25) is 0 Å². The van der Waals surface area contributed by atoms with Crippen LogP contribution in [0.1, 0.15) is 33.1 Å². The third-order valence-corrected chi connectivity index (χ3v) is 3.28. The predicted octanol–water partition coefficient (Wildman–Crippen LogP) is 1.50. The van der Waals surface area contributed by atoms with Crippen molar-refractivity contribution >= 4 is 5.97 Å². The Bertz CT molecular complexity index is 222. The molecular formula is C12H23NO3. The Labute approximate surface area is 97.4 Å². The average Bonchev–Trinajstić information content (AvgIpc) is 2.16. The van der Waals surface area contributed by atoms with E-state index in [1.54, 1.807) is 7.05 Å². The van der Waals surface area contributed by atoms with Gasteiger partial charge in [-0.2, -0.15) is 0 Å². The van der Waals surface area contributed by atoms with E-state index < -0.39 is 12.0 Å². The molecule has 0 amide bonds. The van der Waals surface area contributed by atoms with Crippen LogP contribution in [0.2, 0.25) is 0 Å². The SMILES string of the molecule is CNC(COC1CC(C)CC(C)C1)C(=O)O. The first-order valence-electron chi connectivity index (χ1n) is 6.04. The molecule has 1 saturated carbocycles. The van der Waals surface area contributed by atoms with Crippen molar-refractivity contribution in [3.05, 3.63) is 0 Å². The number of carboxylic acids is 1. The van der Waals surface area contributed by atoms with Crippen LogP contribution >= 0.6 is 0 Å². The minimum atomic E-state index is -0.848. The fraction of sp³-hybridized carbons (Fsp3) is 0.917. The summed E-state index contributed by atoms with van der Waals surface area (Å²) < 4.78 is 5.69. The van der Waals surface area contributed by atoms with E-state index >= 15 is 0 Å². The molecule has 0 aromatic carbocycles. The van der Waals surface area contributed by atoms with E-state index in [2.05, 4.69) is 19.2 Å². The van der Waals surface area contributed by atoms with Gasteiger partial charge in [-0.25, -0.2) is 0 Å². The number of hydrogen-bond acceptors (Lipinski definition) is 3. The number of rotatable bonds is 5. The Morgan fingerprint density at radius 2 is 1.94 bits per heavy atom. The maximum Gasteiger partial charge on any atom is 0.323 e. The summed E-state index contributed by atoms with van der Waals surface area (Å²) in [5.74, 6) is 0.526. The number of nitrogens with one attached hydrogen (secondary N) is 1. The highest BCUT2D eigenvalue weighted by molar-refractivity contribution is 5.73. The van der Waals surface area contributed by atoms with Crippen LogP contribution in [-0.4, -0.2) is 36.9 Å². The molecule has 0 aromatic heterocycles. The van der Waals surface area contributed by atoms with Crippen LogP contribution in [0.3, 0.4) is 0 Å². The van der Waals surface area contributed by atoms with Gasteiger partial charge in [0.05, 0.1) is 12.7 Å². The summed E-state index contributed by atoms with van der Waals surface area (Å²) >= 11 is 0. The molecule has 0 saturated heterocycles. The summed E-state index contributed by atoms with van der Waals surface area (Å²) in [6, 6.07) is -0.590. The van der Waals surface area contributed by atoms with Gasteiger partial charge in [0.25, 0.3) is 0 Å². The van der Waals surface area contributed by atoms with Crippen molar-refractivity contribution < 1.29 is 14.6 Å². The van der Waals surface area contributed by atoms with Gasteiger partial charge in [0.1, 0.15) is 6.04 Å². The van der Waals surface area contributed by atoms with Gasteiger partial charge >= 0.3 is 5.97 Å². The van der Waals surface area contributed by atoms with Crippen LogP contribution in [0.4, 0.5) is 0 Å².